The minimum absolute atomic E-state index is 0.185. The molecule has 2 aliphatic heterocycles. The van der Waals surface area contributed by atoms with Crippen molar-refractivity contribution in [2.75, 3.05) is 26.4 Å². The minimum atomic E-state index is -0.185. The molecule has 0 saturated carbocycles. The van der Waals surface area contributed by atoms with Crippen LogP contribution in [-0.2, 0) is 14.2 Å². The van der Waals surface area contributed by atoms with Gasteiger partial charge in [-0.1, -0.05) is 0 Å². The number of aliphatic hydroxyl groups is 2. The van der Waals surface area contributed by atoms with Gasteiger partial charge in [-0.2, -0.15) is 0 Å². The van der Waals surface area contributed by atoms with Gasteiger partial charge in [-0.25, -0.2) is 0 Å². The van der Waals surface area contributed by atoms with Gasteiger partial charge in [0.05, 0.1) is 24.4 Å². The van der Waals surface area contributed by atoms with Crippen LogP contribution < -0.4 is 0 Å². The molecule has 0 aliphatic carbocycles. The van der Waals surface area contributed by atoms with Crippen molar-refractivity contribution < 1.29 is 24.4 Å². The number of rotatable bonds is 7. The maximum absolute atomic E-state index is 8.09. The molecule has 0 bridgehead atoms. The summed E-state index contributed by atoms with van der Waals surface area (Å²) < 4.78 is 16.5. The number of unbranched alkanes of at least 4 members (excludes halogenated alkanes) is 1. The van der Waals surface area contributed by atoms with Crippen LogP contribution in [-0.4, -0.2) is 60.1 Å². The van der Waals surface area contributed by atoms with Crippen molar-refractivity contribution in [2.24, 2.45) is 0 Å². The second kappa shape index (κ2) is 6.99. The first kappa shape index (κ1) is 16.9. The van der Waals surface area contributed by atoms with Crippen molar-refractivity contribution in [3.63, 3.8) is 0 Å². The minimum Gasteiger partial charge on any atom is -0.396 e. The maximum atomic E-state index is 8.09. The Kier molecular flexibility index (Phi) is 6.20. The summed E-state index contributed by atoms with van der Waals surface area (Å²) in [6.45, 7) is 10.4. The van der Waals surface area contributed by atoms with Crippen LogP contribution in [0, 0.1) is 0 Å². The number of hydrogen-bond acceptors (Lipinski definition) is 5. The standard InChI is InChI=1S/C10H18O3.C4H10O2/c1-9(2,7-5-11-7)13-10(3,4)8-6-12-8;5-3-1-2-4-6/h7-8H,5-6H2,1-4H3;5-6H,1-4H2. The van der Waals surface area contributed by atoms with Gasteiger partial charge in [0, 0.05) is 13.2 Å². The van der Waals surface area contributed by atoms with E-state index in [1.807, 2.05) is 0 Å². The highest BCUT2D eigenvalue weighted by molar-refractivity contribution is 4.95. The molecule has 2 rings (SSSR count). The summed E-state index contributed by atoms with van der Waals surface area (Å²) in [5, 5.41) is 16.2. The lowest BCUT2D eigenvalue weighted by Crippen LogP contribution is -2.44. The largest absolute Gasteiger partial charge is 0.396 e. The molecule has 0 spiro atoms. The van der Waals surface area contributed by atoms with Gasteiger partial charge in [-0.3, -0.25) is 0 Å². The lowest BCUT2D eigenvalue weighted by Gasteiger charge is -2.34. The van der Waals surface area contributed by atoms with Crippen LogP contribution in [0.4, 0.5) is 0 Å². The highest BCUT2D eigenvalue weighted by Gasteiger charge is 2.49. The fourth-order valence-electron chi connectivity index (χ4n) is 1.93. The van der Waals surface area contributed by atoms with Gasteiger partial charge in [0.1, 0.15) is 12.2 Å². The molecule has 2 saturated heterocycles. The molecule has 0 amide bonds. The Morgan fingerprint density at radius 2 is 1.21 bits per heavy atom. The molecule has 5 nitrogen and oxygen atoms in total. The molecule has 0 radical (unpaired) electrons. The van der Waals surface area contributed by atoms with Gasteiger partial charge in [0.15, 0.2) is 0 Å². The lowest BCUT2D eigenvalue weighted by atomic mass is 10.0. The Labute approximate surface area is 115 Å². The van der Waals surface area contributed by atoms with Crippen LogP contribution in [0.1, 0.15) is 40.5 Å². The summed E-state index contributed by atoms with van der Waals surface area (Å²) in [5.74, 6) is 0. The van der Waals surface area contributed by atoms with Crippen molar-refractivity contribution in [1.82, 2.24) is 0 Å². The zero-order valence-electron chi connectivity index (χ0n) is 12.5. The van der Waals surface area contributed by atoms with E-state index < -0.39 is 0 Å². The summed E-state index contributed by atoms with van der Waals surface area (Å²) in [5.41, 5.74) is -0.370. The summed E-state index contributed by atoms with van der Waals surface area (Å²) in [4.78, 5) is 0. The molecular formula is C14H28O5. The van der Waals surface area contributed by atoms with Gasteiger partial charge in [0.2, 0.25) is 0 Å². The molecule has 114 valence electrons. The highest BCUT2D eigenvalue weighted by Crippen LogP contribution is 2.36. The van der Waals surface area contributed by atoms with Crippen LogP contribution >= 0.6 is 0 Å². The van der Waals surface area contributed by atoms with Crippen LogP contribution in [0.5, 0.6) is 0 Å². The molecule has 19 heavy (non-hydrogen) atoms. The van der Waals surface area contributed by atoms with E-state index in [-0.39, 0.29) is 36.6 Å². The molecule has 2 aliphatic rings. The van der Waals surface area contributed by atoms with E-state index >= 15 is 0 Å². The van der Waals surface area contributed by atoms with Crippen LogP contribution in [0.25, 0.3) is 0 Å². The molecular weight excluding hydrogens is 248 g/mol. The van der Waals surface area contributed by atoms with Gasteiger partial charge in [0.25, 0.3) is 0 Å². The Hall–Kier alpha value is -0.200. The SMILES string of the molecule is CC(C)(OC(C)(C)C1CO1)C1CO1.OCCCCO. The monoisotopic (exact) mass is 276 g/mol. The van der Waals surface area contributed by atoms with Crippen molar-refractivity contribution in [1.29, 1.82) is 0 Å². The van der Waals surface area contributed by atoms with Gasteiger partial charge in [-0.15, -0.1) is 0 Å². The van der Waals surface area contributed by atoms with Crippen molar-refractivity contribution >= 4 is 0 Å². The third-order valence-electron chi connectivity index (χ3n) is 3.31. The Morgan fingerprint density at radius 1 is 0.895 bits per heavy atom. The predicted molar refractivity (Wildman–Crippen MR) is 72.1 cm³/mol. The fraction of sp³-hybridized carbons (Fsp3) is 1.00. The topological polar surface area (TPSA) is 74.8 Å². The molecule has 0 aromatic heterocycles. The zero-order chi connectivity index (χ0) is 14.5. The third kappa shape index (κ3) is 6.19. The molecule has 5 heteroatoms. The summed E-state index contributed by atoms with van der Waals surface area (Å²) >= 11 is 0. The second-order valence-electron chi connectivity index (χ2n) is 6.11. The quantitative estimate of drug-likeness (QED) is 0.538. The second-order valence-corrected chi connectivity index (χ2v) is 6.11. The number of ether oxygens (including phenoxy) is 3. The number of aliphatic hydroxyl groups excluding tert-OH is 2. The summed E-state index contributed by atoms with van der Waals surface area (Å²) in [7, 11) is 0. The summed E-state index contributed by atoms with van der Waals surface area (Å²) in [6, 6.07) is 0. The fourth-order valence-corrected chi connectivity index (χ4v) is 1.93. The number of epoxide rings is 2. The number of hydrogen-bond donors (Lipinski definition) is 2. The van der Waals surface area contributed by atoms with Crippen molar-refractivity contribution in [2.45, 2.75) is 63.9 Å². The molecule has 0 aromatic carbocycles. The van der Waals surface area contributed by atoms with E-state index in [0.717, 1.165) is 26.1 Å². The average Bonchev–Trinajstić information content (AvgIpc) is 3.19. The molecule has 2 atom stereocenters. The molecule has 2 fully saturated rings. The van der Waals surface area contributed by atoms with Crippen LogP contribution in [0.2, 0.25) is 0 Å². The van der Waals surface area contributed by atoms with Crippen molar-refractivity contribution in [3.05, 3.63) is 0 Å². The van der Waals surface area contributed by atoms with E-state index in [1.165, 1.54) is 0 Å². The van der Waals surface area contributed by atoms with Gasteiger partial charge in [-0.05, 0) is 40.5 Å². The van der Waals surface area contributed by atoms with Gasteiger partial charge < -0.3 is 24.4 Å². The third-order valence-corrected chi connectivity index (χ3v) is 3.31. The van der Waals surface area contributed by atoms with E-state index in [1.54, 1.807) is 0 Å². The Morgan fingerprint density at radius 3 is 1.42 bits per heavy atom. The molecule has 2 N–H and O–H groups in total. The van der Waals surface area contributed by atoms with E-state index in [9.17, 15) is 0 Å². The zero-order valence-corrected chi connectivity index (χ0v) is 12.5. The first-order valence-corrected chi connectivity index (χ1v) is 6.98. The maximum Gasteiger partial charge on any atom is 0.109 e. The first-order chi connectivity index (χ1) is 8.83. The lowest BCUT2D eigenvalue weighted by molar-refractivity contribution is -0.142. The van der Waals surface area contributed by atoms with E-state index in [0.29, 0.717) is 0 Å². The first-order valence-electron chi connectivity index (χ1n) is 6.98. The summed E-state index contributed by atoms with van der Waals surface area (Å²) in [6.07, 6.45) is 1.98. The Bertz CT molecular complexity index is 231. The smallest absolute Gasteiger partial charge is 0.109 e. The van der Waals surface area contributed by atoms with Crippen LogP contribution in [0.15, 0.2) is 0 Å². The van der Waals surface area contributed by atoms with Gasteiger partial charge >= 0.3 is 0 Å². The van der Waals surface area contributed by atoms with E-state index in [2.05, 4.69) is 27.7 Å². The molecule has 2 heterocycles. The van der Waals surface area contributed by atoms with Crippen molar-refractivity contribution in [3.8, 4) is 0 Å². The molecule has 2 unspecified atom stereocenters. The average molecular weight is 276 g/mol. The van der Waals surface area contributed by atoms with E-state index in [4.69, 9.17) is 24.4 Å². The normalized spacial score (nSPS) is 25.6. The molecule has 0 aromatic rings. The predicted octanol–water partition coefficient (Wildman–Crippen LogP) is 1.11. The Balaban J connectivity index is 0.000000258. The highest BCUT2D eigenvalue weighted by atomic mass is 16.6. The van der Waals surface area contributed by atoms with Crippen LogP contribution in [0.3, 0.4) is 0 Å².